The molecule has 17 heavy (non-hydrogen) atoms. The molecule has 2 nitrogen and oxygen atoms in total. The van der Waals surface area contributed by atoms with E-state index in [0.717, 1.165) is 6.42 Å². The Hall–Kier alpha value is -1.06. The van der Waals surface area contributed by atoms with Gasteiger partial charge in [0.15, 0.2) is 4.67 Å². The van der Waals surface area contributed by atoms with E-state index in [1.54, 1.807) is 0 Å². The minimum atomic E-state index is -0.494. The van der Waals surface area contributed by atoms with Gasteiger partial charge in [-0.1, -0.05) is 30.3 Å². The van der Waals surface area contributed by atoms with Crippen LogP contribution in [0.5, 0.6) is 0 Å². The highest BCUT2D eigenvalue weighted by Crippen LogP contribution is 2.54. The Labute approximate surface area is 108 Å². The largest absolute Gasteiger partial charge is 0.452 e. The third-order valence-corrected chi connectivity index (χ3v) is 3.78. The molecule has 88 valence electrons. The Morgan fingerprint density at radius 2 is 1.94 bits per heavy atom. The van der Waals surface area contributed by atoms with Crippen LogP contribution in [0.15, 0.2) is 51.6 Å². The van der Waals surface area contributed by atoms with Gasteiger partial charge >= 0.3 is 0 Å². The van der Waals surface area contributed by atoms with Gasteiger partial charge in [0, 0.05) is 0 Å². The van der Waals surface area contributed by atoms with Gasteiger partial charge in [0.25, 0.3) is 0 Å². The molecule has 2 aromatic rings. The second kappa shape index (κ2) is 4.31. The smallest absolute Gasteiger partial charge is 0.169 e. The Morgan fingerprint density at radius 1 is 1.18 bits per heavy atom. The first-order chi connectivity index (χ1) is 8.25. The third kappa shape index (κ3) is 2.17. The van der Waals surface area contributed by atoms with Crippen molar-refractivity contribution in [2.24, 2.45) is 5.92 Å². The van der Waals surface area contributed by atoms with Crippen LogP contribution in [0.2, 0.25) is 0 Å². The molecular formula is C14H13BrO2. The number of rotatable bonds is 3. The summed E-state index contributed by atoms with van der Waals surface area (Å²) in [7, 11) is 0. The minimum Gasteiger partial charge on any atom is -0.452 e. The van der Waals surface area contributed by atoms with Gasteiger partial charge in [0.2, 0.25) is 0 Å². The van der Waals surface area contributed by atoms with Crippen molar-refractivity contribution in [2.45, 2.75) is 18.4 Å². The summed E-state index contributed by atoms with van der Waals surface area (Å²) in [5, 5.41) is 10.2. The first kappa shape index (κ1) is 11.1. The van der Waals surface area contributed by atoms with Gasteiger partial charge < -0.3 is 9.52 Å². The van der Waals surface area contributed by atoms with E-state index in [9.17, 15) is 5.11 Å². The summed E-state index contributed by atoms with van der Waals surface area (Å²) in [4.78, 5) is 0. The van der Waals surface area contributed by atoms with Crippen molar-refractivity contribution in [1.29, 1.82) is 0 Å². The summed E-state index contributed by atoms with van der Waals surface area (Å²) in [6.45, 7) is 0. The maximum absolute atomic E-state index is 10.2. The number of aliphatic hydroxyl groups is 1. The monoisotopic (exact) mass is 292 g/mol. The number of hydrogen-bond donors (Lipinski definition) is 1. The molecule has 1 saturated carbocycles. The Bertz CT molecular complexity index is 506. The van der Waals surface area contributed by atoms with Crippen molar-refractivity contribution in [2.75, 3.05) is 0 Å². The highest BCUT2D eigenvalue weighted by Gasteiger charge is 2.44. The van der Waals surface area contributed by atoms with Crippen LogP contribution in [0.4, 0.5) is 0 Å². The van der Waals surface area contributed by atoms with Crippen molar-refractivity contribution in [3.05, 3.63) is 58.5 Å². The van der Waals surface area contributed by atoms with E-state index in [2.05, 4.69) is 28.1 Å². The van der Waals surface area contributed by atoms with Crippen LogP contribution in [-0.4, -0.2) is 5.11 Å². The van der Waals surface area contributed by atoms with E-state index in [-0.39, 0.29) is 5.92 Å². The molecule has 0 amide bonds. The van der Waals surface area contributed by atoms with Crippen LogP contribution in [0, 0.1) is 5.92 Å². The molecule has 1 fully saturated rings. The lowest BCUT2D eigenvalue weighted by Gasteiger charge is -2.07. The Kier molecular flexibility index (Phi) is 2.81. The summed E-state index contributed by atoms with van der Waals surface area (Å²) < 4.78 is 6.07. The SMILES string of the molecule is OC(c1ccc(Br)o1)C1CC1c1ccccc1. The first-order valence-corrected chi connectivity index (χ1v) is 6.53. The van der Waals surface area contributed by atoms with E-state index < -0.39 is 6.10 Å². The molecule has 3 heteroatoms. The molecule has 1 aromatic heterocycles. The van der Waals surface area contributed by atoms with Crippen LogP contribution in [0.25, 0.3) is 0 Å². The topological polar surface area (TPSA) is 33.4 Å². The molecule has 1 aromatic carbocycles. The molecule has 0 bridgehead atoms. The zero-order chi connectivity index (χ0) is 11.8. The van der Waals surface area contributed by atoms with Gasteiger partial charge in [-0.25, -0.2) is 0 Å². The summed E-state index contributed by atoms with van der Waals surface area (Å²) in [6, 6.07) is 14.0. The highest BCUT2D eigenvalue weighted by molar-refractivity contribution is 9.10. The van der Waals surface area contributed by atoms with E-state index in [4.69, 9.17) is 4.42 Å². The van der Waals surface area contributed by atoms with Gasteiger partial charge in [0.1, 0.15) is 11.9 Å². The lowest BCUT2D eigenvalue weighted by Crippen LogP contribution is -1.99. The fraction of sp³-hybridized carbons (Fsp3) is 0.286. The maximum Gasteiger partial charge on any atom is 0.169 e. The van der Waals surface area contributed by atoms with Crippen molar-refractivity contribution in [3.63, 3.8) is 0 Å². The number of hydrogen-bond acceptors (Lipinski definition) is 2. The first-order valence-electron chi connectivity index (χ1n) is 5.74. The zero-order valence-corrected chi connectivity index (χ0v) is 10.8. The summed E-state index contributed by atoms with van der Waals surface area (Å²) in [5.41, 5.74) is 1.31. The van der Waals surface area contributed by atoms with Crippen LogP contribution in [0.1, 0.15) is 29.8 Å². The average molecular weight is 293 g/mol. The summed E-state index contributed by atoms with van der Waals surface area (Å²) in [5.74, 6) is 1.41. The second-order valence-corrected chi connectivity index (χ2v) is 5.29. The summed E-state index contributed by atoms with van der Waals surface area (Å²) >= 11 is 3.25. The van der Waals surface area contributed by atoms with Gasteiger partial charge in [-0.2, -0.15) is 0 Å². The molecule has 1 N–H and O–H groups in total. The summed E-state index contributed by atoms with van der Waals surface area (Å²) in [6.07, 6.45) is 0.537. The molecule has 3 atom stereocenters. The van der Waals surface area contributed by atoms with Crippen molar-refractivity contribution in [1.82, 2.24) is 0 Å². The minimum absolute atomic E-state index is 0.287. The van der Waals surface area contributed by atoms with Crippen LogP contribution in [0.3, 0.4) is 0 Å². The average Bonchev–Trinajstić information content (AvgIpc) is 3.05. The second-order valence-electron chi connectivity index (χ2n) is 4.50. The van der Waals surface area contributed by atoms with Crippen LogP contribution in [-0.2, 0) is 0 Å². The van der Waals surface area contributed by atoms with Crippen molar-refractivity contribution in [3.8, 4) is 0 Å². The zero-order valence-electron chi connectivity index (χ0n) is 9.21. The lowest BCUT2D eigenvalue weighted by molar-refractivity contribution is 0.124. The number of halogens is 1. The van der Waals surface area contributed by atoms with Gasteiger partial charge in [-0.05, 0) is 51.9 Å². The fourth-order valence-corrected chi connectivity index (χ4v) is 2.66. The molecule has 1 aliphatic carbocycles. The van der Waals surface area contributed by atoms with E-state index in [1.807, 2.05) is 30.3 Å². The highest BCUT2D eigenvalue weighted by atomic mass is 79.9. The van der Waals surface area contributed by atoms with Crippen LogP contribution < -0.4 is 0 Å². The molecule has 1 aliphatic rings. The fourth-order valence-electron chi connectivity index (χ4n) is 2.35. The van der Waals surface area contributed by atoms with E-state index in [0.29, 0.717) is 16.3 Å². The van der Waals surface area contributed by atoms with Crippen molar-refractivity contribution >= 4 is 15.9 Å². The molecule has 3 unspecified atom stereocenters. The number of aliphatic hydroxyl groups excluding tert-OH is 1. The van der Waals surface area contributed by atoms with Crippen molar-refractivity contribution < 1.29 is 9.52 Å². The molecule has 0 radical (unpaired) electrons. The normalized spacial score (nSPS) is 24.6. The Morgan fingerprint density at radius 3 is 2.59 bits per heavy atom. The maximum atomic E-state index is 10.2. The third-order valence-electron chi connectivity index (χ3n) is 3.36. The van der Waals surface area contributed by atoms with Gasteiger partial charge in [-0.15, -0.1) is 0 Å². The number of benzene rings is 1. The molecule has 1 heterocycles. The van der Waals surface area contributed by atoms with Gasteiger partial charge in [-0.3, -0.25) is 0 Å². The predicted octanol–water partition coefficient (Wildman–Crippen LogP) is 3.88. The Balaban J connectivity index is 1.73. The number of furan rings is 1. The van der Waals surface area contributed by atoms with E-state index in [1.165, 1.54) is 5.56 Å². The van der Waals surface area contributed by atoms with Crippen LogP contribution >= 0.6 is 15.9 Å². The van der Waals surface area contributed by atoms with E-state index >= 15 is 0 Å². The molecule has 3 rings (SSSR count). The molecule has 0 saturated heterocycles. The molecule has 0 spiro atoms. The quantitative estimate of drug-likeness (QED) is 0.931. The lowest BCUT2D eigenvalue weighted by atomic mass is 10.1. The molecular weight excluding hydrogens is 280 g/mol. The predicted molar refractivity (Wildman–Crippen MR) is 68.7 cm³/mol. The molecule has 0 aliphatic heterocycles. The van der Waals surface area contributed by atoms with Gasteiger partial charge in [0.05, 0.1) is 0 Å². The standard InChI is InChI=1S/C14H13BrO2/c15-13-7-6-12(17-13)14(16)11-8-10(11)9-4-2-1-3-5-9/h1-7,10-11,14,16H,8H2.